The van der Waals surface area contributed by atoms with Crippen molar-refractivity contribution in [3.63, 3.8) is 0 Å². The quantitative estimate of drug-likeness (QED) is 0.739. The zero-order chi connectivity index (χ0) is 10.3. The van der Waals surface area contributed by atoms with E-state index in [0.717, 1.165) is 16.6 Å². The predicted octanol–water partition coefficient (Wildman–Crippen LogP) is 3.90. The smallest absolute Gasteiger partial charge is 0.137 e. The second-order valence-corrected chi connectivity index (χ2v) is 5.13. The van der Waals surface area contributed by atoms with Crippen LogP contribution in [-0.4, -0.2) is 6.10 Å². The molecule has 1 unspecified atom stereocenters. The van der Waals surface area contributed by atoms with Gasteiger partial charge in [0.25, 0.3) is 0 Å². The number of fused-ring (bicyclic) bond motifs is 1. The van der Waals surface area contributed by atoms with E-state index in [1.807, 2.05) is 0 Å². The molecule has 1 aliphatic heterocycles. The molecule has 0 bridgehead atoms. The second-order valence-electron chi connectivity index (χ2n) is 4.28. The molecule has 14 heavy (non-hydrogen) atoms. The van der Waals surface area contributed by atoms with E-state index in [-0.39, 0.29) is 0 Å². The molecule has 1 heterocycles. The maximum Gasteiger partial charge on any atom is 0.137 e. The largest absolute Gasteiger partial charge is 0.489 e. The van der Waals surface area contributed by atoms with Gasteiger partial charge in [-0.25, -0.2) is 0 Å². The minimum atomic E-state index is 0.323. The Morgan fingerprint density at radius 2 is 2.14 bits per heavy atom. The highest BCUT2D eigenvalue weighted by Gasteiger charge is 2.22. The zero-order valence-electron chi connectivity index (χ0n) is 8.80. The summed E-state index contributed by atoms with van der Waals surface area (Å²) in [6, 6.07) is 4.44. The van der Waals surface area contributed by atoms with Crippen LogP contribution in [0, 0.1) is 0 Å². The third kappa shape index (κ3) is 1.68. The van der Waals surface area contributed by atoms with E-state index in [2.05, 4.69) is 48.8 Å². The monoisotopic (exact) mass is 254 g/mol. The van der Waals surface area contributed by atoms with Gasteiger partial charge >= 0.3 is 0 Å². The van der Waals surface area contributed by atoms with Gasteiger partial charge in [-0.3, -0.25) is 0 Å². The Labute approximate surface area is 93.6 Å². The average Bonchev–Trinajstić information content (AvgIpc) is 2.45. The lowest BCUT2D eigenvalue weighted by Gasteiger charge is -2.09. The number of rotatable bonds is 1. The molecule has 2 heteroatoms. The Kier molecular flexibility index (Phi) is 2.56. The third-order valence-corrected chi connectivity index (χ3v) is 3.22. The molecule has 0 saturated heterocycles. The number of hydrogen-bond donors (Lipinski definition) is 0. The fourth-order valence-corrected chi connectivity index (χ4v) is 2.46. The number of hydrogen-bond acceptors (Lipinski definition) is 1. The summed E-state index contributed by atoms with van der Waals surface area (Å²) in [5, 5.41) is 0. The van der Waals surface area contributed by atoms with Crippen molar-refractivity contribution >= 4 is 15.9 Å². The molecule has 1 aromatic rings. The van der Waals surface area contributed by atoms with Gasteiger partial charge in [0.15, 0.2) is 0 Å². The number of halogens is 1. The predicted molar refractivity (Wildman–Crippen MR) is 62.0 cm³/mol. The minimum absolute atomic E-state index is 0.323. The molecular formula is C12H15BrO. The highest BCUT2D eigenvalue weighted by atomic mass is 79.9. The average molecular weight is 255 g/mol. The van der Waals surface area contributed by atoms with Crippen LogP contribution in [0.2, 0.25) is 0 Å². The van der Waals surface area contributed by atoms with Gasteiger partial charge in [0.1, 0.15) is 11.9 Å². The summed E-state index contributed by atoms with van der Waals surface area (Å²) in [7, 11) is 0. The van der Waals surface area contributed by atoms with Crippen LogP contribution in [0.1, 0.15) is 37.8 Å². The first-order valence-corrected chi connectivity index (χ1v) is 5.86. The maximum atomic E-state index is 5.73. The van der Waals surface area contributed by atoms with Gasteiger partial charge in [0.2, 0.25) is 0 Å². The summed E-state index contributed by atoms with van der Waals surface area (Å²) < 4.78 is 6.83. The molecule has 1 nitrogen and oxygen atoms in total. The number of ether oxygens (including phenoxy) is 1. The molecule has 0 aliphatic carbocycles. The van der Waals surface area contributed by atoms with E-state index in [1.165, 1.54) is 11.1 Å². The van der Waals surface area contributed by atoms with Crippen molar-refractivity contribution in [3.8, 4) is 5.75 Å². The lowest BCUT2D eigenvalue weighted by Crippen LogP contribution is -2.05. The number of benzene rings is 1. The van der Waals surface area contributed by atoms with E-state index in [9.17, 15) is 0 Å². The lowest BCUT2D eigenvalue weighted by molar-refractivity contribution is 0.253. The van der Waals surface area contributed by atoms with Gasteiger partial charge in [0, 0.05) is 6.42 Å². The van der Waals surface area contributed by atoms with Crippen molar-refractivity contribution in [2.24, 2.45) is 0 Å². The van der Waals surface area contributed by atoms with Crippen molar-refractivity contribution in [2.45, 2.75) is 39.2 Å². The Balaban J connectivity index is 2.46. The molecule has 0 amide bonds. The second kappa shape index (κ2) is 3.58. The van der Waals surface area contributed by atoms with Gasteiger partial charge in [-0.05, 0) is 46.0 Å². The van der Waals surface area contributed by atoms with Crippen molar-refractivity contribution in [2.75, 3.05) is 0 Å². The molecular weight excluding hydrogens is 240 g/mol. The zero-order valence-corrected chi connectivity index (χ0v) is 10.4. The van der Waals surface area contributed by atoms with Crippen LogP contribution >= 0.6 is 15.9 Å². The van der Waals surface area contributed by atoms with Gasteiger partial charge in [-0.15, -0.1) is 0 Å². The SMILES string of the molecule is CC1Cc2cc(C(C)C)cc(Br)c2O1. The molecule has 0 saturated carbocycles. The molecule has 1 aromatic carbocycles. The topological polar surface area (TPSA) is 9.23 Å². The highest BCUT2D eigenvalue weighted by molar-refractivity contribution is 9.10. The van der Waals surface area contributed by atoms with Crippen LogP contribution in [0.25, 0.3) is 0 Å². The summed E-state index contributed by atoms with van der Waals surface area (Å²) in [4.78, 5) is 0. The van der Waals surface area contributed by atoms with Crippen LogP contribution in [0.4, 0.5) is 0 Å². The van der Waals surface area contributed by atoms with E-state index < -0.39 is 0 Å². The van der Waals surface area contributed by atoms with Crippen molar-refractivity contribution < 1.29 is 4.74 Å². The van der Waals surface area contributed by atoms with Crippen LogP contribution in [0.5, 0.6) is 5.75 Å². The summed E-state index contributed by atoms with van der Waals surface area (Å²) in [6.07, 6.45) is 1.36. The van der Waals surface area contributed by atoms with Gasteiger partial charge in [-0.2, -0.15) is 0 Å². The van der Waals surface area contributed by atoms with Crippen LogP contribution in [0.3, 0.4) is 0 Å². The molecule has 0 aromatic heterocycles. The van der Waals surface area contributed by atoms with Gasteiger partial charge in [0.05, 0.1) is 4.47 Å². The molecule has 0 fully saturated rings. The Bertz CT molecular complexity index is 358. The van der Waals surface area contributed by atoms with Crippen molar-refractivity contribution in [1.29, 1.82) is 0 Å². The molecule has 0 radical (unpaired) electrons. The standard InChI is InChI=1S/C12H15BrO/c1-7(2)9-5-10-4-8(3)14-12(10)11(13)6-9/h5-8H,4H2,1-3H3. The Hall–Kier alpha value is -0.500. The molecule has 1 atom stereocenters. The summed E-state index contributed by atoms with van der Waals surface area (Å²) in [6.45, 7) is 6.54. The Morgan fingerprint density at radius 1 is 1.43 bits per heavy atom. The highest BCUT2D eigenvalue weighted by Crippen LogP contribution is 2.38. The maximum absolute atomic E-state index is 5.73. The van der Waals surface area contributed by atoms with Crippen LogP contribution in [0.15, 0.2) is 16.6 Å². The fraction of sp³-hybridized carbons (Fsp3) is 0.500. The van der Waals surface area contributed by atoms with Crippen LogP contribution < -0.4 is 4.74 Å². The lowest BCUT2D eigenvalue weighted by atomic mass is 9.99. The van der Waals surface area contributed by atoms with Gasteiger partial charge in [-0.1, -0.05) is 19.9 Å². The Morgan fingerprint density at radius 3 is 2.79 bits per heavy atom. The third-order valence-electron chi connectivity index (χ3n) is 2.64. The van der Waals surface area contributed by atoms with E-state index in [0.29, 0.717) is 12.0 Å². The fourth-order valence-electron chi connectivity index (χ4n) is 1.84. The molecule has 1 aliphatic rings. The minimum Gasteiger partial charge on any atom is -0.489 e. The normalized spacial score (nSPS) is 19.6. The molecule has 0 N–H and O–H groups in total. The summed E-state index contributed by atoms with van der Waals surface area (Å²) in [5.41, 5.74) is 2.73. The summed E-state index contributed by atoms with van der Waals surface area (Å²) >= 11 is 3.57. The van der Waals surface area contributed by atoms with E-state index in [1.54, 1.807) is 0 Å². The van der Waals surface area contributed by atoms with E-state index in [4.69, 9.17) is 4.74 Å². The van der Waals surface area contributed by atoms with Crippen molar-refractivity contribution in [1.82, 2.24) is 0 Å². The first-order chi connectivity index (χ1) is 6.58. The molecule has 2 rings (SSSR count). The molecule has 76 valence electrons. The first kappa shape index (κ1) is 10.0. The summed E-state index contributed by atoms with van der Waals surface area (Å²) in [5.74, 6) is 1.62. The van der Waals surface area contributed by atoms with Crippen molar-refractivity contribution in [3.05, 3.63) is 27.7 Å². The van der Waals surface area contributed by atoms with Gasteiger partial charge < -0.3 is 4.74 Å². The first-order valence-electron chi connectivity index (χ1n) is 5.07. The van der Waals surface area contributed by atoms with Crippen LogP contribution in [-0.2, 0) is 6.42 Å². The van der Waals surface area contributed by atoms with E-state index >= 15 is 0 Å². The molecule has 0 spiro atoms.